The Morgan fingerprint density at radius 3 is 2.70 bits per heavy atom. The van der Waals surface area contributed by atoms with Crippen LogP contribution in [0.3, 0.4) is 0 Å². The minimum atomic E-state index is 0.757. The topological polar surface area (TPSA) is 24.9 Å². The van der Waals surface area contributed by atoms with Crippen LogP contribution in [0, 0.1) is 6.92 Å². The van der Waals surface area contributed by atoms with E-state index in [-0.39, 0.29) is 0 Å². The minimum absolute atomic E-state index is 0.757. The quantitative estimate of drug-likeness (QED) is 0.747. The van der Waals surface area contributed by atoms with E-state index in [0.29, 0.717) is 0 Å². The molecule has 3 heteroatoms. The number of nitrogens with zero attached hydrogens (tertiary/aromatic N) is 1. The molecule has 3 rings (SSSR count). The average Bonchev–Trinajstić information content (AvgIpc) is 2.95. The molecule has 3 aromatic rings. The number of nitrogens with one attached hydrogen (secondary N) is 1. The molecule has 0 atom stereocenters. The van der Waals surface area contributed by atoms with Gasteiger partial charge in [-0.15, -0.1) is 11.3 Å². The number of benzene rings is 2. The van der Waals surface area contributed by atoms with E-state index in [1.54, 1.807) is 11.3 Å². The molecule has 2 aromatic carbocycles. The van der Waals surface area contributed by atoms with E-state index in [0.717, 1.165) is 22.9 Å². The van der Waals surface area contributed by atoms with Crippen LogP contribution in [-0.4, -0.2) is 4.98 Å². The third-order valence-corrected chi connectivity index (χ3v) is 4.00. The first-order valence-corrected chi connectivity index (χ1v) is 7.49. The number of rotatable bonds is 4. The molecular weight excluding hydrogens is 264 g/mol. The molecule has 0 saturated carbocycles. The van der Waals surface area contributed by atoms with Gasteiger partial charge in [0, 0.05) is 16.6 Å². The second-order valence-corrected chi connectivity index (χ2v) is 5.59. The smallest absolute Gasteiger partial charge is 0.123 e. The fourth-order valence-corrected chi connectivity index (χ4v) is 2.87. The van der Waals surface area contributed by atoms with Crippen LogP contribution in [-0.2, 0) is 6.54 Å². The molecule has 0 radical (unpaired) electrons. The van der Waals surface area contributed by atoms with Crippen molar-refractivity contribution in [3.63, 3.8) is 0 Å². The Kier molecular flexibility index (Phi) is 3.79. The highest BCUT2D eigenvalue weighted by atomic mass is 32.1. The van der Waals surface area contributed by atoms with Crippen LogP contribution in [0.2, 0.25) is 0 Å². The van der Waals surface area contributed by atoms with Gasteiger partial charge in [-0.3, -0.25) is 0 Å². The monoisotopic (exact) mass is 280 g/mol. The van der Waals surface area contributed by atoms with E-state index in [1.165, 1.54) is 11.1 Å². The molecule has 20 heavy (non-hydrogen) atoms. The van der Waals surface area contributed by atoms with Gasteiger partial charge in [0.05, 0.1) is 12.2 Å². The van der Waals surface area contributed by atoms with Crippen molar-refractivity contribution >= 4 is 17.0 Å². The standard InChI is InChI=1S/C17H16N2S/c1-13-6-5-9-15(10-13)18-11-16-12-20-17(19-16)14-7-3-2-4-8-14/h2-10,12,18H,11H2,1H3. The third-order valence-electron chi connectivity index (χ3n) is 3.06. The average molecular weight is 280 g/mol. The molecule has 1 N–H and O–H groups in total. The second-order valence-electron chi connectivity index (χ2n) is 4.73. The maximum Gasteiger partial charge on any atom is 0.123 e. The van der Waals surface area contributed by atoms with Gasteiger partial charge < -0.3 is 5.32 Å². The number of anilines is 1. The van der Waals surface area contributed by atoms with Crippen LogP contribution >= 0.6 is 11.3 Å². The molecule has 0 bridgehead atoms. The summed E-state index contributed by atoms with van der Waals surface area (Å²) in [4.78, 5) is 4.67. The van der Waals surface area contributed by atoms with E-state index in [9.17, 15) is 0 Å². The molecule has 0 fully saturated rings. The van der Waals surface area contributed by atoms with Crippen molar-refractivity contribution in [1.82, 2.24) is 4.98 Å². The molecule has 0 unspecified atom stereocenters. The zero-order valence-electron chi connectivity index (χ0n) is 11.3. The molecule has 1 heterocycles. The second kappa shape index (κ2) is 5.88. The van der Waals surface area contributed by atoms with Gasteiger partial charge in [-0.05, 0) is 24.6 Å². The predicted molar refractivity (Wildman–Crippen MR) is 86.1 cm³/mol. The summed E-state index contributed by atoms with van der Waals surface area (Å²) in [6.07, 6.45) is 0. The van der Waals surface area contributed by atoms with Crippen LogP contribution in [0.1, 0.15) is 11.3 Å². The Labute approximate surface area is 123 Å². The van der Waals surface area contributed by atoms with E-state index < -0.39 is 0 Å². The number of aromatic nitrogens is 1. The summed E-state index contributed by atoms with van der Waals surface area (Å²) < 4.78 is 0. The van der Waals surface area contributed by atoms with Crippen molar-refractivity contribution in [2.45, 2.75) is 13.5 Å². The van der Waals surface area contributed by atoms with E-state index >= 15 is 0 Å². The Morgan fingerprint density at radius 1 is 1.05 bits per heavy atom. The molecule has 2 nitrogen and oxygen atoms in total. The zero-order chi connectivity index (χ0) is 13.8. The first-order valence-electron chi connectivity index (χ1n) is 6.61. The van der Waals surface area contributed by atoms with E-state index in [1.807, 2.05) is 18.2 Å². The summed E-state index contributed by atoms with van der Waals surface area (Å²) in [7, 11) is 0. The van der Waals surface area contributed by atoms with Crippen LogP contribution in [0.5, 0.6) is 0 Å². The first-order chi connectivity index (χ1) is 9.81. The lowest BCUT2D eigenvalue weighted by molar-refractivity contribution is 1.07. The minimum Gasteiger partial charge on any atom is -0.379 e. The zero-order valence-corrected chi connectivity index (χ0v) is 12.2. The molecule has 0 amide bonds. The SMILES string of the molecule is Cc1cccc(NCc2csc(-c3ccccc3)n2)c1. The van der Waals surface area contributed by atoms with Crippen LogP contribution in [0.25, 0.3) is 10.6 Å². The summed E-state index contributed by atoms with van der Waals surface area (Å²) in [6, 6.07) is 18.7. The fourth-order valence-electron chi connectivity index (χ4n) is 2.05. The van der Waals surface area contributed by atoms with Gasteiger partial charge in [0.2, 0.25) is 0 Å². The highest BCUT2D eigenvalue weighted by Crippen LogP contribution is 2.23. The highest BCUT2D eigenvalue weighted by molar-refractivity contribution is 7.13. The summed E-state index contributed by atoms with van der Waals surface area (Å²) in [5, 5.41) is 6.60. The normalized spacial score (nSPS) is 10.4. The number of aryl methyl sites for hydroxylation is 1. The highest BCUT2D eigenvalue weighted by Gasteiger charge is 2.04. The van der Waals surface area contributed by atoms with Gasteiger partial charge in [-0.2, -0.15) is 0 Å². The van der Waals surface area contributed by atoms with Crippen molar-refractivity contribution in [2.75, 3.05) is 5.32 Å². The van der Waals surface area contributed by atoms with Gasteiger partial charge in [-0.1, -0.05) is 42.5 Å². The first kappa shape index (κ1) is 12.9. The van der Waals surface area contributed by atoms with Gasteiger partial charge in [0.25, 0.3) is 0 Å². The van der Waals surface area contributed by atoms with Gasteiger partial charge in [-0.25, -0.2) is 4.98 Å². The van der Waals surface area contributed by atoms with Crippen molar-refractivity contribution in [3.05, 3.63) is 71.2 Å². The van der Waals surface area contributed by atoms with Gasteiger partial charge in [0.1, 0.15) is 5.01 Å². The maximum atomic E-state index is 4.67. The van der Waals surface area contributed by atoms with Crippen molar-refractivity contribution < 1.29 is 0 Å². The lowest BCUT2D eigenvalue weighted by Gasteiger charge is -2.04. The fraction of sp³-hybridized carbons (Fsp3) is 0.118. The predicted octanol–water partition coefficient (Wildman–Crippen LogP) is 4.73. The molecule has 0 saturated heterocycles. The Bertz CT molecular complexity index is 689. The number of hydrogen-bond acceptors (Lipinski definition) is 3. The lowest BCUT2D eigenvalue weighted by atomic mass is 10.2. The molecular formula is C17H16N2S. The van der Waals surface area contributed by atoms with E-state index in [2.05, 4.69) is 59.0 Å². The van der Waals surface area contributed by atoms with Crippen LogP contribution in [0.4, 0.5) is 5.69 Å². The Hall–Kier alpha value is -2.13. The molecule has 1 aromatic heterocycles. The molecule has 0 aliphatic carbocycles. The largest absolute Gasteiger partial charge is 0.379 e. The van der Waals surface area contributed by atoms with Crippen LogP contribution < -0.4 is 5.32 Å². The Balaban J connectivity index is 1.69. The third kappa shape index (κ3) is 3.06. The summed E-state index contributed by atoms with van der Waals surface area (Å²) >= 11 is 1.69. The van der Waals surface area contributed by atoms with Crippen molar-refractivity contribution in [2.24, 2.45) is 0 Å². The number of thiazole rings is 1. The van der Waals surface area contributed by atoms with Gasteiger partial charge >= 0.3 is 0 Å². The van der Waals surface area contributed by atoms with Crippen LogP contribution in [0.15, 0.2) is 60.0 Å². The number of hydrogen-bond donors (Lipinski definition) is 1. The van der Waals surface area contributed by atoms with Crippen molar-refractivity contribution in [1.29, 1.82) is 0 Å². The van der Waals surface area contributed by atoms with Crippen molar-refractivity contribution in [3.8, 4) is 10.6 Å². The molecule has 100 valence electrons. The summed E-state index contributed by atoms with van der Waals surface area (Å²) in [6.45, 7) is 2.86. The summed E-state index contributed by atoms with van der Waals surface area (Å²) in [5.41, 5.74) is 4.66. The Morgan fingerprint density at radius 2 is 1.90 bits per heavy atom. The maximum absolute atomic E-state index is 4.67. The van der Waals surface area contributed by atoms with E-state index in [4.69, 9.17) is 0 Å². The molecule has 0 aliphatic rings. The van der Waals surface area contributed by atoms with Gasteiger partial charge in [0.15, 0.2) is 0 Å². The molecule has 0 spiro atoms. The molecule has 0 aliphatic heterocycles. The lowest BCUT2D eigenvalue weighted by Crippen LogP contribution is -1.99. The summed E-state index contributed by atoms with van der Waals surface area (Å²) in [5.74, 6) is 0.